The van der Waals surface area contributed by atoms with Gasteiger partial charge >= 0.3 is 0 Å². The second-order valence-electron chi connectivity index (χ2n) is 4.58. The Morgan fingerprint density at radius 2 is 1.32 bits per heavy atom. The summed E-state index contributed by atoms with van der Waals surface area (Å²) in [6.45, 7) is -0.967. The maximum absolute atomic E-state index is 14.0. The summed E-state index contributed by atoms with van der Waals surface area (Å²) in [4.78, 5) is 0. The van der Waals surface area contributed by atoms with Crippen LogP contribution in [0.5, 0.6) is 11.5 Å². The maximum atomic E-state index is 14.0. The first-order chi connectivity index (χ1) is 10.6. The summed E-state index contributed by atoms with van der Waals surface area (Å²) >= 11 is 0. The minimum atomic E-state index is -3.06. The molecule has 0 bridgehead atoms. The number of alkyl halides is 4. The van der Waals surface area contributed by atoms with Crippen LogP contribution in [0.2, 0.25) is 0 Å². The molecular formula is C15H19F5O2. The molecule has 0 aromatic heterocycles. The van der Waals surface area contributed by atoms with Gasteiger partial charge in [-0.05, 0) is 37.8 Å². The first-order valence-electron chi connectivity index (χ1n) is 7.09. The molecule has 0 radical (unpaired) electrons. The Balaban J connectivity index is 2.75. The van der Waals surface area contributed by atoms with Gasteiger partial charge in [0, 0.05) is 0 Å². The fourth-order valence-electron chi connectivity index (χ4n) is 1.75. The van der Waals surface area contributed by atoms with Crippen LogP contribution in [0.15, 0.2) is 12.1 Å². The van der Waals surface area contributed by atoms with E-state index in [0.29, 0.717) is 12.8 Å². The lowest BCUT2D eigenvalue weighted by atomic mass is 10.1. The molecule has 0 aliphatic heterocycles. The highest BCUT2D eigenvalue weighted by Crippen LogP contribution is 2.36. The van der Waals surface area contributed by atoms with E-state index >= 15 is 0 Å². The van der Waals surface area contributed by atoms with Gasteiger partial charge in [-0.25, -0.2) is 13.2 Å². The van der Waals surface area contributed by atoms with Crippen molar-refractivity contribution in [3.8, 4) is 11.5 Å². The smallest absolute Gasteiger partial charge is 0.270 e. The second-order valence-corrected chi connectivity index (χ2v) is 4.58. The number of ether oxygens (including phenoxy) is 2. The number of unbranched alkanes of at least 4 members (excludes halogenated alkanes) is 2. The zero-order valence-electron chi connectivity index (χ0n) is 12.1. The van der Waals surface area contributed by atoms with Gasteiger partial charge in [-0.1, -0.05) is 0 Å². The standard InChI is InChI=1S/C15H19F5O2/c16-7-1-3-9-21-11-5-6-12(22-10-4-2-8-17)14(18)13(11)15(19)20/h5-6,15H,1-4,7-10H2. The van der Waals surface area contributed by atoms with Crippen molar-refractivity contribution in [3.63, 3.8) is 0 Å². The molecule has 0 N–H and O–H groups in total. The highest BCUT2D eigenvalue weighted by Gasteiger charge is 2.23. The molecule has 22 heavy (non-hydrogen) atoms. The predicted molar refractivity (Wildman–Crippen MR) is 72.8 cm³/mol. The molecule has 0 aliphatic carbocycles. The lowest BCUT2D eigenvalue weighted by Gasteiger charge is -2.15. The van der Waals surface area contributed by atoms with E-state index in [-0.39, 0.29) is 37.6 Å². The van der Waals surface area contributed by atoms with E-state index < -0.39 is 31.2 Å². The number of benzene rings is 1. The van der Waals surface area contributed by atoms with Gasteiger partial charge in [0.2, 0.25) is 0 Å². The largest absolute Gasteiger partial charge is 0.493 e. The van der Waals surface area contributed by atoms with Crippen LogP contribution >= 0.6 is 0 Å². The van der Waals surface area contributed by atoms with Crippen LogP contribution in [-0.2, 0) is 0 Å². The maximum Gasteiger partial charge on any atom is 0.270 e. The first-order valence-corrected chi connectivity index (χ1v) is 7.09. The topological polar surface area (TPSA) is 18.5 Å². The van der Waals surface area contributed by atoms with Crippen molar-refractivity contribution in [3.05, 3.63) is 23.5 Å². The second kappa shape index (κ2) is 10.2. The van der Waals surface area contributed by atoms with Crippen LogP contribution in [0.25, 0.3) is 0 Å². The average molecular weight is 326 g/mol. The molecule has 0 amide bonds. The van der Waals surface area contributed by atoms with Crippen LogP contribution in [0.1, 0.15) is 37.7 Å². The van der Waals surface area contributed by atoms with Gasteiger partial charge < -0.3 is 9.47 Å². The van der Waals surface area contributed by atoms with E-state index in [1.54, 1.807) is 0 Å². The summed E-state index contributed by atoms with van der Waals surface area (Å²) in [5, 5.41) is 0. The first kappa shape index (κ1) is 18.5. The Morgan fingerprint density at radius 1 is 0.818 bits per heavy atom. The van der Waals surface area contributed by atoms with Crippen molar-refractivity contribution in [2.24, 2.45) is 0 Å². The summed E-state index contributed by atoms with van der Waals surface area (Å²) in [5.41, 5.74) is -0.872. The molecule has 126 valence electrons. The Labute approximate surface area is 126 Å². The van der Waals surface area contributed by atoms with Crippen LogP contribution < -0.4 is 9.47 Å². The zero-order chi connectivity index (χ0) is 16.4. The quantitative estimate of drug-likeness (QED) is 0.420. The van der Waals surface area contributed by atoms with Gasteiger partial charge in [0.25, 0.3) is 6.43 Å². The summed E-state index contributed by atoms with van der Waals surface area (Å²) < 4.78 is 74.1. The van der Waals surface area contributed by atoms with E-state index in [4.69, 9.17) is 9.47 Å². The lowest BCUT2D eigenvalue weighted by Crippen LogP contribution is -2.06. The van der Waals surface area contributed by atoms with Crippen molar-refractivity contribution in [2.75, 3.05) is 26.6 Å². The fraction of sp³-hybridized carbons (Fsp3) is 0.600. The third kappa shape index (κ3) is 5.69. The van der Waals surface area contributed by atoms with E-state index in [9.17, 15) is 22.0 Å². The van der Waals surface area contributed by atoms with Crippen molar-refractivity contribution in [1.29, 1.82) is 0 Å². The summed E-state index contributed by atoms with van der Waals surface area (Å²) in [6, 6.07) is 2.39. The van der Waals surface area contributed by atoms with Crippen LogP contribution in [0.3, 0.4) is 0 Å². The molecule has 0 unspecified atom stereocenters. The Bertz CT molecular complexity index is 440. The molecule has 0 saturated heterocycles. The van der Waals surface area contributed by atoms with Crippen molar-refractivity contribution in [2.45, 2.75) is 32.1 Å². The van der Waals surface area contributed by atoms with Crippen LogP contribution in [0, 0.1) is 5.82 Å². The molecular weight excluding hydrogens is 307 g/mol. The summed E-state index contributed by atoms with van der Waals surface area (Å²) in [6.07, 6.45) is -1.84. The predicted octanol–water partition coefficient (Wildman–Crippen LogP) is 5.02. The van der Waals surface area contributed by atoms with Crippen molar-refractivity contribution >= 4 is 0 Å². The van der Waals surface area contributed by atoms with Crippen LogP contribution in [-0.4, -0.2) is 26.6 Å². The SMILES string of the molecule is FCCCCOc1ccc(OCCCCF)c(C(F)F)c1F. The normalized spacial score (nSPS) is 11.0. The van der Waals surface area contributed by atoms with E-state index in [0.717, 1.165) is 0 Å². The molecule has 0 saturated carbocycles. The van der Waals surface area contributed by atoms with E-state index in [1.165, 1.54) is 12.1 Å². The third-order valence-electron chi connectivity index (χ3n) is 2.89. The molecule has 0 atom stereocenters. The molecule has 0 aliphatic rings. The number of hydrogen-bond donors (Lipinski definition) is 0. The zero-order valence-corrected chi connectivity index (χ0v) is 12.1. The Hall–Kier alpha value is -1.53. The van der Waals surface area contributed by atoms with E-state index in [2.05, 4.69) is 0 Å². The van der Waals surface area contributed by atoms with Crippen molar-refractivity contribution < 1.29 is 31.4 Å². The molecule has 0 fully saturated rings. The lowest BCUT2D eigenvalue weighted by molar-refractivity contribution is 0.137. The van der Waals surface area contributed by atoms with E-state index in [1.807, 2.05) is 0 Å². The minimum absolute atomic E-state index is 0.0276. The molecule has 0 heterocycles. The number of rotatable bonds is 11. The van der Waals surface area contributed by atoms with Gasteiger partial charge in [0.1, 0.15) is 5.75 Å². The van der Waals surface area contributed by atoms with Crippen molar-refractivity contribution in [1.82, 2.24) is 0 Å². The van der Waals surface area contributed by atoms with Gasteiger partial charge in [-0.2, -0.15) is 0 Å². The summed E-state index contributed by atoms with van der Waals surface area (Å²) in [5.74, 6) is -1.77. The number of halogens is 5. The molecule has 1 rings (SSSR count). The van der Waals surface area contributed by atoms with Gasteiger partial charge in [-0.15, -0.1) is 0 Å². The van der Waals surface area contributed by atoms with Gasteiger partial charge in [0.15, 0.2) is 11.6 Å². The monoisotopic (exact) mass is 326 g/mol. The fourth-order valence-corrected chi connectivity index (χ4v) is 1.75. The third-order valence-corrected chi connectivity index (χ3v) is 2.89. The molecule has 7 heteroatoms. The average Bonchev–Trinajstić information content (AvgIpc) is 2.49. The molecule has 1 aromatic carbocycles. The number of hydrogen-bond acceptors (Lipinski definition) is 2. The molecule has 1 aromatic rings. The minimum Gasteiger partial charge on any atom is -0.493 e. The Morgan fingerprint density at radius 3 is 1.82 bits per heavy atom. The van der Waals surface area contributed by atoms with Crippen LogP contribution in [0.4, 0.5) is 22.0 Å². The van der Waals surface area contributed by atoms with Gasteiger partial charge in [-0.3, -0.25) is 8.78 Å². The van der Waals surface area contributed by atoms with Gasteiger partial charge in [0.05, 0.1) is 32.1 Å². The molecule has 2 nitrogen and oxygen atoms in total. The Kier molecular flexibility index (Phi) is 8.62. The summed E-state index contributed by atoms with van der Waals surface area (Å²) in [7, 11) is 0. The highest BCUT2D eigenvalue weighted by atomic mass is 19.3. The molecule has 0 spiro atoms. The highest BCUT2D eigenvalue weighted by molar-refractivity contribution is 5.42.